The Morgan fingerprint density at radius 1 is 0.933 bits per heavy atom. The number of aryl methyl sites for hydroxylation is 1. The Kier molecular flexibility index (Phi) is 5.80. The van der Waals surface area contributed by atoms with Crippen LogP contribution in [0.3, 0.4) is 0 Å². The van der Waals surface area contributed by atoms with Gasteiger partial charge in [-0.3, -0.25) is 9.59 Å². The highest BCUT2D eigenvalue weighted by atomic mass is 16.5. The van der Waals surface area contributed by atoms with Gasteiger partial charge >= 0.3 is 0 Å². The average molecular weight is 400 g/mol. The van der Waals surface area contributed by atoms with Crippen LogP contribution in [-0.4, -0.2) is 32.0 Å². The first-order valence-corrected chi connectivity index (χ1v) is 10.1. The lowest BCUT2D eigenvalue weighted by atomic mass is 10.0. The fourth-order valence-corrected chi connectivity index (χ4v) is 3.67. The first kappa shape index (κ1) is 19.7. The van der Waals surface area contributed by atoms with Gasteiger partial charge in [-0.2, -0.15) is 0 Å². The second kappa shape index (κ2) is 8.82. The van der Waals surface area contributed by atoms with E-state index in [9.17, 15) is 9.59 Å². The minimum absolute atomic E-state index is 0.0214. The van der Waals surface area contributed by atoms with Crippen LogP contribution in [0.15, 0.2) is 78.9 Å². The number of ether oxygens (including phenoxy) is 1. The van der Waals surface area contributed by atoms with Gasteiger partial charge in [0, 0.05) is 30.5 Å². The molecule has 3 aromatic rings. The molecule has 0 saturated carbocycles. The number of benzene rings is 3. The Balaban J connectivity index is 1.37. The molecule has 5 heteroatoms. The fraction of sp³-hybridized carbons (Fsp3) is 0.200. The van der Waals surface area contributed by atoms with Gasteiger partial charge in [0.15, 0.2) is 6.61 Å². The summed E-state index contributed by atoms with van der Waals surface area (Å²) in [6.45, 7) is 0.691. The lowest BCUT2D eigenvalue weighted by Gasteiger charge is -2.29. The van der Waals surface area contributed by atoms with Crippen LogP contribution in [0.25, 0.3) is 0 Å². The summed E-state index contributed by atoms with van der Waals surface area (Å²) >= 11 is 0. The maximum atomic E-state index is 12.7. The number of hydrogen-bond acceptors (Lipinski definition) is 3. The van der Waals surface area contributed by atoms with Gasteiger partial charge < -0.3 is 14.5 Å². The molecule has 0 N–H and O–H groups in total. The Morgan fingerprint density at radius 2 is 1.63 bits per heavy atom. The molecular weight excluding hydrogens is 376 g/mol. The summed E-state index contributed by atoms with van der Waals surface area (Å²) in [6, 6.07) is 24.4. The predicted molar refractivity (Wildman–Crippen MR) is 118 cm³/mol. The zero-order chi connectivity index (χ0) is 20.9. The normalized spacial score (nSPS) is 12.8. The largest absolute Gasteiger partial charge is 0.484 e. The lowest BCUT2D eigenvalue weighted by molar-refractivity contribution is -0.120. The van der Waals surface area contributed by atoms with E-state index in [0.717, 1.165) is 24.2 Å². The molecule has 1 aliphatic rings. The molecule has 0 radical (unpaired) electrons. The highest BCUT2D eigenvalue weighted by Crippen LogP contribution is 2.27. The molecule has 0 atom stereocenters. The summed E-state index contributed by atoms with van der Waals surface area (Å²) in [5, 5.41) is 0. The highest BCUT2D eigenvalue weighted by molar-refractivity contribution is 6.05. The molecule has 0 spiro atoms. The first-order chi connectivity index (χ1) is 14.6. The number of carbonyl (C=O) groups excluding carboxylic acids is 2. The van der Waals surface area contributed by atoms with Crippen LogP contribution in [0.5, 0.6) is 5.75 Å². The fourth-order valence-electron chi connectivity index (χ4n) is 3.67. The number of fused-ring (bicyclic) bond motifs is 1. The number of anilines is 2. The van der Waals surface area contributed by atoms with E-state index in [1.807, 2.05) is 48.5 Å². The van der Waals surface area contributed by atoms with Gasteiger partial charge in [-0.1, -0.05) is 36.4 Å². The van der Waals surface area contributed by atoms with Crippen molar-refractivity contribution < 1.29 is 14.3 Å². The summed E-state index contributed by atoms with van der Waals surface area (Å²) < 4.78 is 5.72. The van der Waals surface area contributed by atoms with E-state index in [4.69, 9.17) is 4.74 Å². The van der Waals surface area contributed by atoms with Gasteiger partial charge in [-0.05, 0) is 60.9 Å². The van der Waals surface area contributed by atoms with Crippen molar-refractivity contribution in [1.82, 2.24) is 0 Å². The van der Waals surface area contributed by atoms with Crippen LogP contribution >= 0.6 is 0 Å². The van der Waals surface area contributed by atoms with Gasteiger partial charge in [0.05, 0.1) is 0 Å². The SMILES string of the molecule is CN(C(=O)c1ccccc1)c1ccc(OCC(=O)N2CCCc3ccccc32)cc1. The van der Waals surface area contributed by atoms with Gasteiger partial charge in [0.2, 0.25) is 0 Å². The monoisotopic (exact) mass is 400 g/mol. The van der Waals surface area contributed by atoms with Crippen LogP contribution < -0.4 is 14.5 Å². The minimum Gasteiger partial charge on any atom is -0.484 e. The molecule has 0 saturated heterocycles. The summed E-state index contributed by atoms with van der Waals surface area (Å²) in [7, 11) is 1.74. The maximum absolute atomic E-state index is 12.7. The number of amides is 2. The lowest BCUT2D eigenvalue weighted by Crippen LogP contribution is -2.38. The summed E-state index contributed by atoms with van der Waals surface area (Å²) in [5.41, 5.74) is 3.57. The van der Waals surface area contributed by atoms with Crippen molar-refractivity contribution >= 4 is 23.2 Å². The van der Waals surface area contributed by atoms with Crippen molar-refractivity contribution in [2.75, 3.05) is 30.0 Å². The van der Waals surface area contributed by atoms with Crippen LogP contribution in [0.2, 0.25) is 0 Å². The molecule has 4 rings (SSSR count). The van der Waals surface area contributed by atoms with E-state index in [1.165, 1.54) is 5.56 Å². The van der Waals surface area contributed by atoms with Crippen LogP contribution in [0.4, 0.5) is 11.4 Å². The number of carbonyl (C=O) groups is 2. The molecule has 1 aliphatic heterocycles. The van der Waals surface area contributed by atoms with Crippen LogP contribution in [-0.2, 0) is 11.2 Å². The molecule has 0 aromatic heterocycles. The average Bonchev–Trinajstić information content (AvgIpc) is 2.82. The van der Waals surface area contributed by atoms with Crippen molar-refractivity contribution in [3.8, 4) is 5.75 Å². The van der Waals surface area contributed by atoms with Gasteiger partial charge in [-0.25, -0.2) is 0 Å². The highest BCUT2D eigenvalue weighted by Gasteiger charge is 2.22. The smallest absolute Gasteiger partial charge is 0.264 e. The van der Waals surface area contributed by atoms with Crippen molar-refractivity contribution in [3.05, 3.63) is 90.0 Å². The predicted octanol–water partition coefficient (Wildman–Crippen LogP) is 4.32. The van der Waals surface area contributed by atoms with Gasteiger partial charge in [0.25, 0.3) is 11.8 Å². The summed E-state index contributed by atoms with van der Waals surface area (Å²) in [4.78, 5) is 28.7. The molecule has 1 heterocycles. The summed E-state index contributed by atoms with van der Waals surface area (Å²) in [5.74, 6) is 0.462. The van der Waals surface area contributed by atoms with E-state index in [0.29, 0.717) is 17.9 Å². The van der Waals surface area contributed by atoms with E-state index >= 15 is 0 Å². The Labute approximate surface area is 176 Å². The number of nitrogens with zero attached hydrogens (tertiary/aromatic N) is 2. The molecular formula is C25H24N2O3. The van der Waals surface area contributed by atoms with Crippen molar-refractivity contribution in [2.45, 2.75) is 12.8 Å². The Hall–Kier alpha value is -3.60. The molecule has 0 unspecified atom stereocenters. The van der Waals surface area contributed by atoms with E-state index in [1.54, 1.807) is 41.1 Å². The third kappa shape index (κ3) is 4.20. The second-order valence-corrected chi connectivity index (χ2v) is 7.29. The molecule has 2 amide bonds. The standard InChI is InChI=1S/C25H24N2O3/c1-26(25(29)20-9-3-2-4-10-20)21-13-15-22(16-14-21)30-18-24(28)27-17-7-11-19-8-5-6-12-23(19)27/h2-6,8-10,12-16H,7,11,17-18H2,1H3. The van der Waals surface area contributed by atoms with E-state index < -0.39 is 0 Å². The molecule has 3 aromatic carbocycles. The Bertz CT molecular complexity index is 1030. The molecule has 30 heavy (non-hydrogen) atoms. The first-order valence-electron chi connectivity index (χ1n) is 10.1. The van der Waals surface area contributed by atoms with Gasteiger partial charge in [0.1, 0.15) is 5.75 Å². The third-order valence-corrected chi connectivity index (χ3v) is 5.32. The van der Waals surface area contributed by atoms with E-state index in [2.05, 4.69) is 6.07 Å². The van der Waals surface area contributed by atoms with Crippen LogP contribution in [0.1, 0.15) is 22.3 Å². The van der Waals surface area contributed by atoms with Crippen LogP contribution in [0, 0.1) is 0 Å². The summed E-state index contributed by atoms with van der Waals surface area (Å²) in [6.07, 6.45) is 1.96. The number of hydrogen-bond donors (Lipinski definition) is 0. The maximum Gasteiger partial charge on any atom is 0.264 e. The van der Waals surface area contributed by atoms with Gasteiger partial charge in [-0.15, -0.1) is 0 Å². The van der Waals surface area contributed by atoms with Crippen molar-refractivity contribution in [2.24, 2.45) is 0 Å². The molecule has 5 nitrogen and oxygen atoms in total. The minimum atomic E-state index is -0.0804. The molecule has 0 aliphatic carbocycles. The van der Waals surface area contributed by atoms with Crippen molar-refractivity contribution in [3.63, 3.8) is 0 Å². The zero-order valence-electron chi connectivity index (χ0n) is 17.0. The van der Waals surface area contributed by atoms with Crippen molar-refractivity contribution in [1.29, 1.82) is 0 Å². The zero-order valence-corrected chi connectivity index (χ0v) is 17.0. The topological polar surface area (TPSA) is 49.9 Å². The van der Waals surface area contributed by atoms with E-state index in [-0.39, 0.29) is 18.4 Å². The number of rotatable bonds is 5. The second-order valence-electron chi connectivity index (χ2n) is 7.29. The quantitative estimate of drug-likeness (QED) is 0.641. The molecule has 0 fully saturated rings. The molecule has 0 bridgehead atoms. The number of para-hydroxylation sites is 1. The third-order valence-electron chi connectivity index (χ3n) is 5.32. The Morgan fingerprint density at radius 3 is 2.40 bits per heavy atom. The molecule has 152 valence electrons.